The Balaban J connectivity index is 2.00. The summed E-state index contributed by atoms with van der Waals surface area (Å²) in [6.07, 6.45) is 0.118. The third-order valence-corrected chi connectivity index (χ3v) is 3.88. The number of hydrogen-bond acceptors (Lipinski definition) is 6. The van der Waals surface area contributed by atoms with Gasteiger partial charge < -0.3 is 20.5 Å². The van der Waals surface area contributed by atoms with E-state index in [0.29, 0.717) is 10.8 Å². The highest BCUT2D eigenvalue weighted by Gasteiger charge is 2.38. The SMILES string of the molecule is CN(C(=O)Cc1csc(N)n1)C1COCC1C(=O)O. The van der Waals surface area contributed by atoms with E-state index in [9.17, 15) is 9.59 Å². The summed E-state index contributed by atoms with van der Waals surface area (Å²) in [4.78, 5) is 28.6. The highest BCUT2D eigenvalue weighted by Crippen LogP contribution is 2.20. The third kappa shape index (κ3) is 3.02. The Bertz CT molecular complexity index is 490. The Morgan fingerprint density at radius 2 is 2.37 bits per heavy atom. The number of likely N-dealkylation sites (N-methyl/N-ethyl adjacent to an activating group) is 1. The fourth-order valence-electron chi connectivity index (χ4n) is 2.03. The molecule has 1 aromatic heterocycles. The van der Waals surface area contributed by atoms with Gasteiger partial charge >= 0.3 is 5.97 Å². The first-order valence-electron chi connectivity index (χ1n) is 5.75. The molecule has 1 aliphatic rings. The first-order chi connectivity index (χ1) is 8.99. The van der Waals surface area contributed by atoms with Crippen LogP contribution < -0.4 is 5.73 Å². The lowest BCUT2D eigenvalue weighted by Gasteiger charge is -2.26. The summed E-state index contributed by atoms with van der Waals surface area (Å²) in [6.45, 7) is 0.389. The number of carbonyl (C=O) groups is 2. The van der Waals surface area contributed by atoms with Crippen molar-refractivity contribution in [1.82, 2.24) is 9.88 Å². The second-order valence-corrected chi connectivity index (χ2v) is 5.30. The van der Waals surface area contributed by atoms with Gasteiger partial charge in [-0.2, -0.15) is 0 Å². The molecule has 1 aliphatic heterocycles. The van der Waals surface area contributed by atoms with Gasteiger partial charge in [-0.1, -0.05) is 0 Å². The predicted molar refractivity (Wildman–Crippen MR) is 68.7 cm³/mol. The molecule has 104 valence electrons. The average molecular weight is 285 g/mol. The number of thiazole rings is 1. The molecule has 0 saturated carbocycles. The van der Waals surface area contributed by atoms with Crippen LogP contribution in [0.5, 0.6) is 0 Å². The van der Waals surface area contributed by atoms with Gasteiger partial charge in [-0.25, -0.2) is 4.98 Å². The summed E-state index contributed by atoms with van der Waals surface area (Å²) < 4.78 is 5.15. The molecular weight excluding hydrogens is 270 g/mol. The molecule has 0 radical (unpaired) electrons. The van der Waals surface area contributed by atoms with Gasteiger partial charge in [0.15, 0.2) is 5.13 Å². The monoisotopic (exact) mass is 285 g/mol. The number of amides is 1. The largest absolute Gasteiger partial charge is 0.481 e. The van der Waals surface area contributed by atoms with Crippen LogP contribution in [0.4, 0.5) is 5.13 Å². The minimum Gasteiger partial charge on any atom is -0.481 e. The third-order valence-electron chi connectivity index (χ3n) is 3.16. The lowest BCUT2D eigenvalue weighted by Crippen LogP contribution is -2.44. The smallest absolute Gasteiger partial charge is 0.311 e. The number of hydrogen-bond donors (Lipinski definition) is 2. The average Bonchev–Trinajstić information content (AvgIpc) is 2.97. The van der Waals surface area contributed by atoms with Gasteiger partial charge in [0, 0.05) is 12.4 Å². The van der Waals surface area contributed by atoms with E-state index in [1.165, 1.54) is 16.2 Å². The molecule has 19 heavy (non-hydrogen) atoms. The number of carbonyl (C=O) groups excluding carboxylic acids is 1. The topological polar surface area (TPSA) is 106 Å². The highest BCUT2D eigenvalue weighted by molar-refractivity contribution is 7.13. The Morgan fingerprint density at radius 3 is 2.95 bits per heavy atom. The maximum absolute atomic E-state index is 12.1. The van der Waals surface area contributed by atoms with Crippen LogP contribution in [0, 0.1) is 5.92 Å². The van der Waals surface area contributed by atoms with E-state index in [1.54, 1.807) is 12.4 Å². The quantitative estimate of drug-likeness (QED) is 0.795. The second-order valence-electron chi connectivity index (χ2n) is 4.41. The maximum atomic E-state index is 12.1. The molecule has 0 spiro atoms. The molecule has 7 nitrogen and oxygen atoms in total. The van der Waals surface area contributed by atoms with Crippen molar-refractivity contribution in [2.45, 2.75) is 12.5 Å². The molecule has 2 unspecified atom stereocenters. The van der Waals surface area contributed by atoms with Crippen molar-refractivity contribution in [2.24, 2.45) is 5.92 Å². The number of nitrogen functional groups attached to an aromatic ring is 1. The van der Waals surface area contributed by atoms with Crippen LogP contribution in [0.3, 0.4) is 0 Å². The van der Waals surface area contributed by atoms with Crippen molar-refractivity contribution < 1.29 is 19.4 Å². The number of nitrogens with two attached hydrogens (primary N) is 1. The van der Waals surface area contributed by atoms with Crippen molar-refractivity contribution in [3.8, 4) is 0 Å². The van der Waals surface area contributed by atoms with Gasteiger partial charge in [0.1, 0.15) is 5.92 Å². The van der Waals surface area contributed by atoms with E-state index < -0.39 is 17.9 Å². The lowest BCUT2D eigenvalue weighted by atomic mass is 10.0. The number of rotatable bonds is 4. The van der Waals surface area contributed by atoms with Crippen LogP contribution in [-0.2, 0) is 20.7 Å². The summed E-state index contributed by atoms with van der Waals surface area (Å²) in [5, 5.41) is 11.2. The van der Waals surface area contributed by atoms with Gasteiger partial charge in [-0.15, -0.1) is 11.3 Å². The molecule has 1 saturated heterocycles. The fourth-order valence-corrected chi connectivity index (χ4v) is 2.59. The lowest BCUT2D eigenvalue weighted by molar-refractivity contribution is -0.144. The second kappa shape index (κ2) is 5.54. The molecule has 8 heteroatoms. The molecule has 2 heterocycles. The Morgan fingerprint density at radius 1 is 1.63 bits per heavy atom. The van der Waals surface area contributed by atoms with Crippen LogP contribution >= 0.6 is 11.3 Å². The summed E-state index contributed by atoms with van der Waals surface area (Å²) >= 11 is 1.27. The molecule has 2 rings (SSSR count). The van der Waals surface area contributed by atoms with Crippen LogP contribution in [-0.4, -0.2) is 53.2 Å². The van der Waals surface area contributed by atoms with E-state index in [1.807, 2.05) is 0 Å². The predicted octanol–water partition coefficient (Wildman–Crippen LogP) is -0.174. The van der Waals surface area contributed by atoms with Crippen molar-refractivity contribution >= 4 is 28.3 Å². The van der Waals surface area contributed by atoms with E-state index in [4.69, 9.17) is 15.6 Å². The van der Waals surface area contributed by atoms with Crippen LogP contribution in [0.25, 0.3) is 0 Å². The number of carboxylic acid groups (broad SMARTS) is 1. The van der Waals surface area contributed by atoms with Gasteiger partial charge in [0.25, 0.3) is 0 Å². The maximum Gasteiger partial charge on any atom is 0.311 e. The van der Waals surface area contributed by atoms with Crippen molar-refractivity contribution in [1.29, 1.82) is 0 Å². The van der Waals surface area contributed by atoms with Crippen LogP contribution in [0.1, 0.15) is 5.69 Å². The summed E-state index contributed by atoms with van der Waals surface area (Å²) in [5.74, 6) is -1.80. The van der Waals surface area contributed by atoms with Crippen molar-refractivity contribution in [3.63, 3.8) is 0 Å². The number of nitrogens with zero attached hydrogens (tertiary/aromatic N) is 2. The minimum absolute atomic E-state index is 0.118. The van der Waals surface area contributed by atoms with E-state index >= 15 is 0 Å². The molecule has 1 amide bonds. The first kappa shape index (κ1) is 13.8. The van der Waals surface area contributed by atoms with Gasteiger partial charge in [0.05, 0.1) is 31.4 Å². The van der Waals surface area contributed by atoms with Crippen LogP contribution in [0.15, 0.2) is 5.38 Å². The first-order valence-corrected chi connectivity index (χ1v) is 6.63. The molecule has 2 atom stereocenters. The number of aliphatic carboxylic acids is 1. The zero-order valence-electron chi connectivity index (χ0n) is 10.4. The Labute approximate surface area is 114 Å². The summed E-state index contributed by atoms with van der Waals surface area (Å²) in [6, 6.07) is -0.430. The number of anilines is 1. The standard InChI is InChI=1S/C11H15N3O4S/c1-14(8-4-18-3-7(8)10(16)17)9(15)2-6-5-19-11(12)13-6/h5,7-8H,2-4H2,1H3,(H2,12,13)(H,16,17). The van der Waals surface area contributed by atoms with E-state index in [-0.39, 0.29) is 25.5 Å². The fraction of sp³-hybridized carbons (Fsp3) is 0.545. The summed E-state index contributed by atoms with van der Waals surface area (Å²) in [7, 11) is 1.59. The van der Waals surface area contributed by atoms with Crippen molar-refractivity contribution in [2.75, 3.05) is 26.0 Å². The Hall–Kier alpha value is -1.67. The zero-order valence-corrected chi connectivity index (χ0v) is 11.2. The number of carboxylic acids is 1. The van der Waals surface area contributed by atoms with E-state index in [0.717, 1.165) is 0 Å². The van der Waals surface area contributed by atoms with Gasteiger partial charge in [0.2, 0.25) is 5.91 Å². The van der Waals surface area contributed by atoms with Crippen molar-refractivity contribution in [3.05, 3.63) is 11.1 Å². The van der Waals surface area contributed by atoms with Gasteiger partial charge in [-0.05, 0) is 0 Å². The minimum atomic E-state index is -0.944. The van der Waals surface area contributed by atoms with E-state index in [2.05, 4.69) is 4.98 Å². The molecule has 0 aliphatic carbocycles. The highest BCUT2D eigenvalue weighted by atomic mass is 32.1. The summed E-state index contributed by atoms with van der Waals surface area (Å²) in [5.41, 5.74) is 6.10. The Kier molecular flexibility index (Phi) is 4.01. The molecule has 0 aromatic carbocycles. The molecule has 1 aromatic rings. The molecule has 1 fully saturated rings. The zero-order chi connectivity index (χ0) is 14.0. The number of ether oxygens (including phenoxy) is 1. The molecule has 0 bridgehead atoms. The molecular formula is C11H15N3O4S. The number of aromatic nitrogens is 1. The van der Waals surface area contributed by atoms with Crippen LogP contribution in [0.2, 0.25) is 0 Å². The normalized spacial score (nSPS) is 22.4. The molecule has 3 N–H and O–H groups in total. The van der Waals surface area contributed by atoms with Gasteiger partial charge in [-0.3, -0.25) is 9.59 Å².